The predicted octanol–water partition coefficient (Wildman–Crippen LogP) is 3.14. The van der Waals surface area contributed by atoms with Crippen molar-refractivity contribution in [2.45, 2.75) is 4.90 Å². The van der Waals surface area contributed by atoms with Gasteiger partial charge in [-0.1, -0.05) is 18.2 Å². The van der Waals surface area contributed by atoms with Crippen LogP contribution in [-0.2, 0) is 14.8 Å². The third-order valence-electron chi connectivity index (χ3n) is 5.45. The molecule has 4 aromatic rings. The third-order valence-corrected chi connectivity index (χ3v) is 7.62. The molecule has 168 valence electrons. The maximum Gasteiger partial charge on any atom is 0.263 e. The number of hydrogen-bond donors (Lipinski definition) is 3. The van der Waals surface area contributed by atoms with Gasteiger partial charge in [0, 0.05) is 47.5 Å². The third kappa shape index (κ3) is 4.20. The van der Waals surface area contributed by atoms with Gasteiger partial charge in [-0.15, -0.1) is 11.3 Å². The van der Waals surface area contributed by atoms with E-state index in [1.54, 1.807) is 16.5 Å². The van der Waals surface area contributed by atoms with Crippen molar-refractivity contribution in [3.8, 4) is 0 Å². The number of thiazole rings is 1. The molecular weight excluding hydrogens is 462 g/mol. The molecule has 1 fully saturated rings. The second kappa shape index (κ2) is 8.34. The first-order valence-electron chi connectivity index (χ1n) is 10.1. The standard InChI is InChI=1S/C22H19N5O4S2/c28-20(14-12-27(13-14)21(29)18-11-24-19-4-2-1-3-17(18)19)25-15-5-7-16(8-6-15)33(30,31)26-22-23-9-10-32-22/h1-11,14,24H,12-13H2,(H,23,26)(H,25,28). The number of H-pyrrole nitrogens is 1. The Labute approximate surface area is 193 Å². The fourth-order valence-electron chi connectivity index (χ4n) is 3.64. The summed E-state index contributed by atoms with van der Waals surface area (Å²) in [5.74, 6) is -0.651. The van der Waals surface area contributed by atoms with Crippen LogP contribution in [0.1, 0.15) is 10.4 Å². The van der Waals surface area contributed by atoms with Crippen molar-refractivity contribution in [2.75, 3.05) is 23.1 Å². The molecule has 11 heteroatoms. The summed E-state index contributed by atoms with van der Waals surface area (Å²) in [5, 5.41) is 5.59. The predicted molar refractivity (Wildman–Crippen MR) is 126 cm³/mol. The van der Waals surface area contributed by atoms with E-state index in [4.69, 9.17) is 0 Å². The van der Waals surface area contributed by atoms with Crippen molar-refractivity contribution < 1.29 is 18.0 Å². The largest absolute Gasteiger partial charge is 0.360 e. The number of fused-ring (bicyclic) bond motifs is 1. The molecule has 2 amide bonds. The first-order valence-corrected chi connectivity index (χ1v) is 12.5. The Kier molecular flexibility index (Phi) is 5.35. The molecule has 33 heavy (non-hydrogen) atoms. The highest BCUT2D eigenvalue weighted by molar-refractivity contribution is 7.93. The molecule has 0 spiro atoms. The number of anilines is 2. The lowest BCUT2D eigenvalue weighted by atomic mass is 9.97. The lowest BCUT2D eigenvalue weighted by Gasteiger charge is -2.38. The minimum Gasteiger partial charge on any atom is -0.360 e. The summed E-state index contributed by atoms with van der Waals surface area (Å²) < 4.78 is 27.2. The van der Waals surface area contributed by atoms with Crippen molar-refractivity contribution in [3.05, 3.63) is 71.9 Å². The number of nitrogens with one attached hydrogen (secondary N) is 3. The molecule has 0 bridgehead atoms. The number of aromatic amines is 1. The van der Waals surface area contributed by atoms with Crippen LogP contribution in [0.3, 0.4) is 0 Å². The molecule has 9 nitrogen and oxygen atoms in total. The van der Waals surface area contributed by atoms with Gasteiger partial charge in [0.1, 0.15) is 0 Å². The number of likely N-dealkylation sites (tertiary alicyclic amines) is 1. The number of rotatable bonds is 6. The lowest BCUT2D eigenvalue weighted by molar-refractivity contribution is -0.123. The van der Waals surface area contributed by atoms with E-state index in [1.807, 2.05) is 24.3 Å². The van der Waals surface area contributed by atoms with E-state index in [0.29, 0.717) is 24.3 Å². The molecule has 0 atom stereocenters. The fraction of sp³-hybridized carbons (Fsp3) is 0.136. The Morgan fingerprint density at radius 3 is 2.58 bits per heavy atom. The maximum absolute atomic E-state index is 12.8. The molecule has 3 N–H and O–H groups in total. The average molecular weight is 482 g/mol. The van der Waals surface area contributed by atoms with Crippen LogP contribution in [-0.4, -0.2) is 48.2 Å². The number of hydrogen-bond acceptors (Lipinski definition) is 6. The highest BCUT2D eigenvalue weighted by atomic mass is 32.2. The van der Waals surface area contributed by atoms with Gasteiger partial charge in [-0.25, -0.2) is 13.4 Å². The minimum atomic E-state index is -3.75. The summed E-state index contributed by atoms with van der Waals surface area (Å²) in [6, 6.07) is 13.5. The van der Waals surface area contributed by atoms with Gasteiger partial charge in [0.15, 0.2) is 5.13 Å². The van der Waals surface area contributed by atoms with Crippen LogP contribution in [0.2, 0.25) is 0 Å². The van der Waals surface area contributed by atoms with Crippen LogP contribution in [0.5, 0.6) is 0 Å². The van der Waals surface area contributed by atoms with Crippen LogP contribution in [0.15, 0.2) is 71.2 Å². The van der Waals surface area contributed by atoms with E-state index in [9.17, 15) is 18.0 Å². The van der Waals surface area contributed by atoms with Gasteiger partial charge < -0.3 is 15.2 Å². The molecule has 2 aromatic carbocycles. The lowest BCUT2D eigenvalue weighted by Crippen LogP contribution is -2.54. The summed E-state index contributed by atoms with van der Waals surface area (Å²) in [6.07, 6.45) is 3.20. The molecule has 3 heterocycles. The number of carbonyl (C=O) groups is 2. The summed E-state index contributed by atoms with van der Waals surface area (Å²) in [7, 11) is -3.75. The van der Waals surface area contributed by atoms with E-state index in [1.165, 1.54) is 41.8 Å². The Morgan fingerprint density at radius 1 is 1.09 bits per heavy atom. The number of para-hydroxylation sites is 1. The van der Waals surface area contributed by atoms with Gasteiger partial charge in [0.2, 0.25) is 5.91 Å². The second-order valence-electron chi connectivity index (χ2n) is 7.61. The summed E-state index contributed by atoms with van der Waals surface area (Å²) >= 11 is 1.18. The maximum atomic E-state index is 12.8. The smallest absolute Gasteiger partial charge is 0.263 e. The molecule has 0 aliphatic carbocycles. The fourth-order valence-corrected chi connectivity index (χ4v) is 5.43. The molecule has 1 saturated heterocycles. The van der Waals surface area contributed by atoms with E-state index >= 15 is 0 Å². The highest BCUT2D eigenvalue weighted by Gasteiger charge is 2.36. The van der Waals surface area contributed by atoms with E-state index < -0.39 is 10.0 Å². The number of benzene rings is 2. The number of aromatic nitrogens is 2. The van der Waals surface area contributed by atoms with E-state index in [2.05, 4.69) is 20.0 Å². The van der Waals surface area contributed by atoms with Crippen molar-refractivity contribution in [3.63, 3.8) is 0 Å². The van der Waals surface area contributed by atoms with Gasteiger partial charge >= 0.3 is 0 Å². The van der Waals surface area contributed by atoms with Crippen molar-refractivity contribution in [1.29, 1.82) is 0 Å². The van der Waals surface area contributed by atoms with E-state index in [-0.39, 0.29) is 27.8 Å². The second-order valence-corrected chi connectivity index (χ2v) is 10.2. The number of amides is 2. The summed E-state index contributed by atoms with van der Waals surface area (Å²) in [4.78, 5) is 34.0. The monoisotopic (exact) mass is 481 g/mol. The zero-order valence-electron chi connectivity index (χ0n) is 17.2. The normalized spacial score (nSPS) is 14.1. The minimum absolute atomic E-state index is 0.0647. The zero-order chi connectivity index (χ0) is 23.0. The van der Waals surface area contributed by atoms with Crippen LogP contribution < -0.4 is 10.0 Å². The van der Waals surface area contributed by atoms with E-state index in [0.717, 1.165) is 10.9 Å². The first kappa shape index (κ1) is 21.2. The van der Waals surface area contributed by atoms with Gasteiger partial charge in [0.25, 0.3) is 15.9 Å². The highest BCUT2D eigenvalue weighted by Crippen LogP contribution is 2.25. The van der Waals surface area contributed by atoms with Crippen LogP contribution in [0.25, 0.3) is 10.9 Å². The van der Waals surface area contributed by atoms with Gasteiger partial charge in [-0.05, 0) is 30.3 Å². The van der Waals surface area contributed by atoms with Crippen LogP contribution >= 0.6 is 11.3 Å². The molecule has 5 rings (SSSR count). The first-order chi connectivity index (χ1) is 15.9. The van der Waals surface area contributed by atoms with Gasteiger partial charge in [-0.2, -0.15) is 0 Å². The van der Waals surface area contributed by atoms with Gasteiger partial charge in [0.05, 0.1) is 16.4 Å². The number of nitrogens with zero attached hydrogens (tertiary/aromatic N) is 2. The molecular formula is C22H19N5O4S2. The average Bonchev–Trinajstić information content (AvgIpc) is 3.42. The number of sulfonamides is 1. The molecule has 0 radical (unpaired) electrons. The van der Waals surface area contributed by atoms with Gasteiger partial charge in [-0.3, -0.25) is 14.3 Å². The topological polar surface area (TPSA) is 124 Å². The molecule has 1 aliphatic heterocycles. The van der Waals surface area contributed by atoms with Crippen molar-refractivity contribution in [2.24, 2.45) is 5.92 Å². The molecule has 0 unspecified atom stereocenters. The van der Waals surface area contributed by atoms with Crippen LogP contribution in [0, 0.1) is 5.92 Å². The Balaban J connectivity index is 1.18. The molecule has 2 aromatic heterocycles. The van der Waals surface area contributed by atoms with Crippen molar-refractivity contribution >= 4 is 54.9 Å². The quantitative estimate of drug-likeness (QED) is 0.390. The zero-order valence-corrected chi connectivity index (χ0v) is 18.8. The molecule has 0 saturated carbocycles. The Morgan fingerprint density at radius 2 is 1.85 bits per heavy atom. The van der Waals surface area contributed by atoms with Crippen LogP contribution in [0.4, 0.5) is 10.8 Å². The summed E-state index contributed by atoms with van der Waals surface area (Å²) in [5.41, 5.74) is 1.96. The number of carbonyl (C=O) groups excluding carboxylic acids is 2. The Bertz CT molecular complexity index is 1420. The summed E-state index contributed by atoms with van der Waals surface area (Å²) in [6.45, 7) is 0.655. The van der Waals surface area contributed by atoms with Crippen molar-refractivity contribution in [1.82, 2.24) is 14.9 Å². The SMILES string of the molecule is O=C(Nc1ccc(S(=O)(=O)Nc2nccs2)cc1)C1CN(C(=O)c2c[nH]c3ccccc23)C1. The Hall–Kier alpha value is -3.70. The molecule has 1 aliphatic rings.